The number of benzene rings is 1. The molecule has 2 aliphatic heterocycles. The molecule has 0 unspecified atom stereocenters. The molecule has 1 fully saturated rings. The van der Waals surface area contributed by atoms with Gasteiger partial charge >= 0.3 is 0 Å². The van der Waals surface area contributed by atoms with Crippen LogP contribution in [0.25, 0.3) is 0 Å². The van der Waals surface area contributed by atoms with Crippen LogP contribution >= 0.6 is 11.3 Å². The highest BCUT2D eigenvalue weighted by molar-refractivity contribution is 7.07. The largest absolute Gasteiger partial charge is 0.480 e. The summed E-state index contributed by atoms with van der Waals surface area (Å²) >= 11 is 1.63. The van der Waals surface area contributed by atoms with Gasteiger partial charge in [-0.3, -0.25) is 9.69 Å². The fourth-order valence-corrected chi connectivity index (χ4v) is 3.97. The molecule has 1 amide bonds. The van der Waals surface area contributed by atoms with Gasteiger partial charge in [0.2, 0.25) is 0 Å². The molecular formula is C18H21N3O2S. The third kappa shape index (κ3) is 3.30. The van der Waals surface area contributed by atoms with Gasteiger partial charge in [0, 0.05) is 44.5 Å². The van der Waals surface area contributed by atoms with Gasteiger partial charge in [0.05, 0.1) is 11.2 Å². The van der Waals surface area contributed by atoms with Crippen molar-refractivity contribution in [3.05, 3.63) is 46.4 Å². The minimum absolute atomic E-state index is 0.127. The third-order valence-corrected chi connectivity index (χ3v) is 5.33. The minimum atomic E-state index is -0.354. The Morgan fingerprint density at radius 1 is 1.25 bits per heavy atom. The molecule has 0 radical (unpaired) electrons. The number of hydrogen-bond donors (Lipinski definition) is 0. The van der Waals surface area contributed by atoms with Crippen LogP contribution in [0.1, 0.15) is 17.7 Å². The normalized spacial score (nSPS) is 21.2. The van der Waals surface area contributed by atoms with Crippen LogP contribution in [-0.2, 0) is 17.8 Å². The zero-order valence-corrected chi connectivity index (χ0v) is 14.4. The van der Waals surface area contributed by atoms with Crippen LogP contribution in [0.5, 0.6) is 5.75 Å². The Bertz CT molecular complexity index is 679. The molecule has 1 aromatic carbocycles. The number of amides is 1. The molecule has 0 bridgehead atoms. The van der Waals surface area contributed by atoms with Crippen LogP contribution in [-0.4, -0.2) is 53.0 Å². The summed E-state index contributed by atoms with van der Waals surface area (Å²) in [5.74, 6) is 0.984. The number of hydrogen-bond acceptors (Lipinski definition) is 5. The van der Waals surface area contributed by atoms with Crippen LogP contribution in [0.3, 0.4) is 0 Å². The van der Waals surface area contributed by atoms with Gasteiger partial charge in [-0.1, -0.05) is 18.2 Å². The average molecular weight is 343 g/mol. The highest BCUT2D eigenvalue weighted by Gasteiger charge is 2.32. The van der Waals surface area contributed by atoms with Gasteiger partial charge in [0.1, 0.15) is 5.75 Å². The average Bonchev–Trinajstić information content (AvgIpc) is 3.20. The summed E-state index contributed by atoms with van der Waals surface area (Å²) in [6.45, 7) is 4.34. The Labute approximate surface area is 145 Å². The molecule has 1 aromatic heterocycles. The van der Waals surface area contributed by atoms with Crippen molar-refractivity contribution in [2.75, 3.05) is 26.2 Å². The number of aromatic nitrogens is 1. The first kappa shape index (κ1) is 15.6. The quantitative estimate of drug-likeness (QED) is 0.857. The number of ether oxygens (including phenoxy) is 1. The summed E-state index contributed by atoms with van der Waals surface area (Å²) in [6.07, 6.45) is 1.33. The molecule has 1 saturated heterocycles. The van der Waals surface area contributed by atoms with Gasteiger partial charge in [-0.15, -0.1) is 11.3 Å². The zero-order valence-electron chi connectivity index (χ0n) is 13.6. The number of para-hydroxylation sites is 1. The van der Waals surface area contributed by atoms with Crippen molar-refractivity contribution in [3.8, 4) is 5.75 Å². The van der Waals surface area contributed by atoms with Gasteiger partial charge in [-0.2, -0.15) is 0 Å². The standard InChI is InChI=1S/C18H21N3O2S/c22-18(17-10-14-4-1-2-5-16(14)23-17)21-7-3-6-20(8-9-21)11-15-12-24-13-19-15/h1-2,4-5,12-13,17H,3,6-11H2/t17-/m0/s1. The first-order valence-corrected chi connectivity index (χ1v) is 9.36. The number of carbonyl (C=O) groups is 1. The van der Waals surface area contributed by atoms with Crippen LogP contribution in [0, 0.1) is 0 Å². The lowest BCUT2D eigenvalue weighted by Gasteiger charge is -2.24. The first-order valence-electron chi connectivity index (χ1n) is 8.42. The maximum Gasteiger partial charge on any atom is 0.264 e. The Balaban J connectivity index is 1.35. The molecule has 5 nitrogen and oxygen atoms in total. The Hall–Kier alpha value is -1.92. The Morgan fingerprint density at radius 2 is 2.17 bits per heavy atom. The van der Waals surface area contributed by atoms with E-state index in [1.54, 1.807) is 11.3 Å². The summed E-state index contributed by atoms with van der Waals surface area (Å²) in [5, 5.41) is 2.09. The molecule has 0 saturated carbocycles. The van der Waals surface area contributed by atoms with Crippen molar-refractivity contribution >= 4 is 17.2 Å². The lowest BCUT2D eigenvalue weighted by Crippen LogP contribution is -2.43. The van der Waals surface area contributed by atoms with Crippen molar-refractivity contribution in [1.29, 1.82) is 0 Å². The second-order valence-corrected chi connectivity index (χ2v) is 7.07. The van der Waals surface area contributed by atoms with Crippen LogP contribution in [0.15, 0.2) is 35.2 Å². The van der Waals surface area contributed by atoms with Gasteiger partial charge in [-0.05, 0) is 18.1 Å². The van der Waals surface area contributed by atoms with Crippen molar-refractivity contribution < 1.29 is 9.53 Å². The predicted molar refractivity (Wildman–Crippen MR) is 93.2 cm³/mol. The highest BCUT2D eigenvalue weighted by atomic mass is 32.1. The van der Waals surface area contributed by atoms with E-state index in [2.05, 4.69) is 15.3 Å². The van der Waals surface area contributed by atoms with Crippen LogP contribution in [0.2, 0.25) is 0 Å². The first-order chi connectivity index (χ1) is 11.8. The fraction of sp³-hybridized carbons (Fsp3) is 0.444. The van der Waals surface area contributed by atoms with E-state index in [0.717, 1.165) is 56.2 Å². The van der Waals surface area contributed by atoms with E-state index in [-0.39, 0.29) is 12.0 Å². The molecule has 2 aromatic rings. The van der Waals surface area contributed by atoms with Gasteiger partial charge in [-0.25, -0.2) is 4.98 Å². The molecule has 4 rings (SSSR count). The van der Waals surface area contributed by atoms with E-state index in [1.165, 1.54) is 0 Å². The number of rotatable bonds is 3. The summed E-state index contributed by atoms with van der Waals surface area (Å²) in [4.78, 5) is 21.5. The second kappa shape index (κ2) is 6.91. The molecule has 6 heteroatoms. The van der Waals surface area contributed by atoms with E-state index in [0.29, 0.717) is 6.42 Å². The fourth-order valence-electron chi connectivity index (χ4n) is 3.42. The predicted octanol–water partition coefficient (Wildman–Crippen LogP) is 2.18. The lowest BCUT2D eigenvalue weighted by atomic mass is 10.1. The summed E-state index contributed by atoms with van der Waals surface area (Å²) in [6, 6.07) is 7.94. The SMILES string of the molecule is O=C([C@@H]1Cc2ccccc2O1)N1CCCN(Cc2cscn2)CC1. The minimum Gasteiger partial charge on any atom is -0.480 e. The molecule has 126 valence electrons. The van der Waals surface area contributed by atoms with Crippen LogP contribution < -0.4 is 4.74 Å². The zero-order chi connectivity index (χ0) is 16.4. The number of fused-ring (bicyclic) bond motifs is 1. The maximum atomic E-state index is 12.8. The Kier molecular flexibility index (Phi) is 4.49. The molecule has 2 aliphatic rings. The molecular weight excluding hydrogens is 322 g/mol. The summed E-state index contributed by atoms with van der Waals surface area (Å²) in [7, 11) is 0. The number of carbonyl (C=O) groups excluding carboxylic acids is 1. The van der Waals surface area contributed by atoms with E-state index in [4.69, 9.17) is 4.74 Å². The second-order valence-electron chi connectivity index (χ2n) is 6.35. The van der Waals surface area contributed by atoms with Crippen molar-refractivity contribution in [2.24, 2.45) is 0 Å². The molecule has 0 N–H and O–H groups in total. The molecule has 24 heavy (non-hydrogen) atoms. The topological polar surface area (TPSA) is 45.7 Å². The summed E-state index contributed by atoms with van der Waals surface area (Å²) < 4.78 is 5.86. The summed E-state index contributed by atoms with van der Waals surface area (Å²) in [5.41, 5.74) is 4.13. The molecule has 0 spiro atoms. The molecule has 3 heterocycles. The molecule has 0 aliphatic carbocycles. The van der Waals surface area contributed by atoms with Crippen LogP contribution in [0.4, 0.5) is 0 Å². The van der Waals surface area contributed by atoms with Crippen molar-refractivity contribution in [2.45, 2.75) is 25.5 Å². The van der Waals surface area contributed by atoms with Gasteiger partial charge in [0.25, 0.3) is 5.91 Å². The van der Waals surface area contributed by atoms with Crippen molar-refractivity contribution in [3.63, 3.8) is 0 Å². The monoisotopic (exact) mass is 343 g/mol. The third-order valence-electron chi connectivity index (χ3n) is 4.69. The van der Waals surface area contributed by atoms with E-state index in [1.807, 2.05) is 34.7 Å². The van der Waals surface area contributed by atoms with E-state index >= 15 is 0 Å². The van der Waals surface area contributed by atoms with Gasteiger partial charge in [0.15, 0.2) is 6.10 Å². The maximum absolute atomic E-state index is 12.8. The number of thiazole rings is 1. The van der Waals surface area contributed by atoms with Gasteiger partial charge < -0.3 is 9.64 Å². The number of nitrogens with zero attached hydrogens (tertiary/aromatic N) is 3. The smallest absolute Gasteiger partial charge is 0.264 e. The Morgan fingerprint density at radius 3 is 3.00 bits per heavy atom. The lowest BCUT2D eigenvalue weighted by molar-refractivity contribution is -0.137. The highest BCUT2D eigenvalue weighted by Crippen LogP contribution is 2.29. The molecule has 1 atom stereocenters. The van der Waals surface area contributed by atoms with Crippen molar-refractivity contribution in [1.82, 2.24) is 14.8 Å². The van der Waals surface area contributed by atoms with E-state index < -0.39 is 0 Å². The van der Waals surface area contributed by atoms with E-state index in [9.17, 15) is 4.79 Å².